The minimum atomic E-state index is -4.68. The molecule has 1 radical (unpaired) electrons. The summed E-state index contributed by atoms with van der Waals surface area (Å²) >= 11 is 0. The predicted octanol–water partition coefficient (Wildman–Crippen LogP) is 3.91. The Bertz CT molecular complexity index is 360. The average molecular weight is 227 g/mol. The van der Waals surface area contributed by atoms with Crippen LogP contribution in [-0.4, -0.2) is 0 Å². The molecule has 0 atom stereocenters. The van der Waals surface area contributed by atoms with Crippen molar-refractivity contribution in [1.82, 2.24) is 0 Å². The topological polar surface area (TPSA) is 0 Å². The Morgan fingerprint density at radius 2 is 1.40 bits per heavy atom. The molecule has 0 heterocycles. The fourth-order valence-electron chi connectivity index (χ4n) is 1.05. The lowest BCUT2D eigenvalue weighted by atomic mass is 10.0. The van der Waals surface area contributed by atoms with Gasteiger partial charge in [0, 0.05) is 0 Å². The van der Waals surface area contributed by atoms with E-state index in [4.69, 9.17) is 0 Å². The Kier molecular flexibility index (Phi) is 2.71. The summed E-state index contributed by atoms with van der Waals surface area (Å²) in [5.74, 6) is 0. The van der Waals surface area contributed by atoms with Crippen molar-refractivity contribution in [1.29, 1.82) is 0 Å². The summed E-state index contributed by atoms with van der Waals surface area (Å²) in [7, 11) is 0. The first-order valence-corrected chi connectivity index (χ1v) is 3.73. The molecule has 0 bridgehead atoms. The molecule has 83 valence electrons. The fraction of sp³-hybridized carbons (Fsp3) is 0.222. The molecule has 0 unspecified atom stereocenters. The zero-order valence-electron chi connectivity index (χ0n) is 7.21. The molecular formula is C9H5F6. The van der Waals surface area contributed by atoms with Crippen LogP contribution >= 0.6 is 0 Å². The maximum atomic E-state index is 12.2. The first-order valence-electron chi connectivity index (χ1n) is 3.73. The Balaban J connectivity index is 3.21. The van der Waals surface area contributed by atoms with Crippen LogP contribution in [0.4, 0.5) is 26.3 Å². The summed E-state index contributed by atoms with van der Waals surface area (Å²) in [4.78, 5) is 0. The van der Waals surface area contributed by atoms with E-state index in [0.29, 0.717) is 18.2 Å². The monoisotopic (exact) mass is 227 g/mol. The maximum absolute atomic E-state index is 12.2. The van der Waals surface area contributed by atoms with Crippen molar-refractivity contribution in [2.75, 3.05) is 0 Å². The number of benzene rings is 1. The second kappa shape index (κ2) is 3.43. The van der Waals surface area contributed by atoms with Crippen LogP contribution in [-0.2, 0) is 12.4 Å². The Hall–Kier alpha value is -1.20. The van der Waals surface area contributed by atoms with E-state index >= 15 is 0 Å². The quantitative estimate of drug-likeness (QED) is 0.589. The zero-order chi connectivity index (χ0) is 11.9. The molecule has 0 saturated carbocycles. The molecule has 6 heteroatoms. The fourth-order valence-corrected chi connectivity index (χ4v) is 1.05. The molecule has 0 nitrogen and oxygen atoms in total. The predicted molar refractivity (Wildman–Crippen MR) is 40.9 cm³/mol. The van der Waals surface area contributed by atoms with Gasteiger partial charge in [-0.25, -0.2) is 0 Å². The molecule has 0 aliphatic rings. The first-order chi connectivity index (χ1) is 6.62. The highest BCUT2D eigenvalue weighted by Gasteiger charge is 2.35. The van der Waals surface area contributed by atoms with E-state index in [0.717, 1.165) is 0 Å². The lowest BCUT2D eigenvalue weighted by molar-refractivity contribution is -0.141. The summed E-state index contributed by atoms with van der Waals surface area (Å²) in [6, 6.07) is 1.14. The molecule has 0 aliphatic heterocycles. The molecule has 15 heavy (non-hydrogen) atoms. The highest BCUT2D eigenvalue weighted by molar-refractivity contribution is 5.37. The van der Waals surface area contributed by atoms with Crippen LogP contribution in [0.1, 0.15) is 16.7 Å². The minimum Gasteiger partial charge on any atom is -0.166 e. The van der Waals surface area contributed by atoms with Crippen LogP contribution in [0.2, 0.25) is 0 Å². The SMILES string of the molecule is [CH2]c1cc(C(F)(F)F)ccc1C(F)(F)F. The van der Waals surface area contributed by atoms with Crippen LogP contribution in [0.15, 0.2) is 18.2 Å². The standard InChI is InChI=1S/C9H5F6/c1-5-4-6(8(10,11)12)2-3-7(5)9(13,14)15/h2-4H,1H2. The normalized spacial score (nSPS) is 13.0. The van der Waals surface area contributed by atoms with Gasteiger partial charge in [-0.15, -0.1) is 0 Å². The molecule has 0 aliphatic carbocycles. The Morgan fingerprint density at radius 1 is 0.867 bits per heavy atom. The van der Waals surface area contributed by atoms with Crippen molar-refractivity contribution >= 4 is 0 Å². The van der Waals surface area contributed by atoms with Gasteiger partial charge in [0.15, 0.2) is 0 Å². The molecule has 1 aromatic carbocycles. The Labute approximate surface area is 81.5 Å². The summed E-state index contributed by atoms with van der Waals surface area (Å²) in [6.45, 7) is 2.94. The molecule has 0 saturated heterocycles. The van der Waals surface area contributed by atoms with Crippen LogP contribution in [0.5, 0.6) is 0 Å². The van der Waals surface area contributed by atoms with E-state index in [9.17, 15) is 26.3 Å². The van der Waals surface area contributed by atoms with Gasteiger partial charge in [0.1, 0.15) is 0 Å². The number of hydrogen-bond acceptors (Lipinski definition) is 0. The van der Waals surface area contributed by atoms with Crippen LogP contribution < -0.4 is 0 Å². The van der Waals surface area contributed by atoms with Gasteiger partial charge in [0.25, 0.3) is 0 Å². The van der Waals surface area contributed by atoms with Crippen LogP contribution in [0, 0.1) is 6.92 Å². The minimum absolute atomic E-state index is 0.378. The molecule has 1 aromatic rings. The number of halogens is 6. The molecule has 0 aromatic heterocycles. The maximum Gasteiger partial charge on any atom is 0.416 e. The summed E-state index contributed by atoms with van der Waals surface area (Å²) in [5.41, 5.74) is -2.98. The highest BCUT2D eigenvalue weighted by Crippen LogP contribution is 2.35. The molecule has 0 N–H and O–H groups in total. The summed E-state index contributed by atoms with van der Waals surface area (Å²) in [5, 5.41) is 0. The molecule has 0 fully saturated rings. The van der Waals surface area contributed by atoms with Crippen molar-refractivity contribution in [3.8, 4) is 0 Å². The average Bonchev–Trinajstić information content (AvgIpc) is 1.99. The number of rotatable bonds is 0. The molecule has 1 rings (SSSR count). The van der Waals surface area contributed by atoms with E-state index < -0.39 is 29.0 Å². The number of alkyl halides is 6. The smallest absolute Gasteiger partial charge is 0.166 e. The van der Waals surface area contributed by atoms with Gasteiger partial charge in [0.05, 0.1) is 11.1 Å². The van der Waals surface area contributed by atoms with Crippen molar-refractivity contribution in [3.63, 3.8) is 0 Å². The summed E-state index contributed by atoms with van der Waals surface area (Å²) < 4.78 is 72.7. The van der Waals surface area contributed by atoms with Crippen molar-refractivity contribution in [2.24, 2.45) is 0 Å². The number of hydrogen-bond donors (Lipinski definition) is 0. The van der Waals surface area contributed by atoms with Gasteiger partial charge in [-0.1, -0.05) is 0 Å². The van der Waals surface area contributed by atoms with E-state index in [1.54, 1.807) is 0 Å². The van der Waals surface area contributed by atoms with Gasteiger partial charge < -0.3 is 0 Å². The van der Waals surface area contributed by atoms with Crippen LogP contribution in [0.25, 0.3) is 0 Å². The van der Waals surface area contributed by atoms with E-state index in [1.807, 2.05) is 0 Å². The zero-order valence-corrected chi connectivity index (χ0v) is 7.21. The first kappa shape index (κ1) is 11.9. The van der Waals surface area contributed by atoms with Gasteiger partial charge in [0.2, 0.25) is 0 Å². The van der Waals surface area contributed by atoms with E-state index in [2.05, 4.69) is 6.92 Å². The third-order valence-corrected chi connectivity index (χ3v) is 1.74. The second-order valence-corrected chi connectivity index (χ2v) is 2.87. The largest absolute Gasteiger partial charge is 0.416 e. The second-order valence-electron chi connectivity index (χ2n) is 2.87. The Morgan fingerprint density at radius 3 is 1.73 bits per heavy atom. The third kappa shape index (κ3) is 2.64. The lowest BCUT2D eigenvalue weighted by Crippen LogP contribution is -2.10. The van der Waals surface area contributed by atoms with Gasteiger partial charge in [-0.2, -0.15) is 26.3 Å². The van der Waals surface area contributed by atoms with E-state index in [-0.39, 0.29) is 0 Å². The van der Waals surface area contributed by atoms with Gasteiger partial charge >= 0.3 is 12.4 Å². The lowest BCUT2D eigenvalue weighted by Gasteiger charge is -2.12. The van der Waals surface area contributed by atoms with E-state index in [1.165, 1.54) is 0 Å². The molecule has 0 spiro atoms. The van der Waals surface area contributed by atoms with Gasteiger partial charge in [-0.3, -0.25) is 0 Å². The molecular weight excluding hydrogens is 222 g/mol. The highest BCUT2D eigenvalue weighted by atomic mass is 19.4. The third-order valence-electron chi connectivity index (χ3n) is 1.74. The van der Waals surface area contributed by atoms with Crippen LogP contribution in [0.3, 0.4) is 0 Å². The molecule has 0 amide bonds. The van der Waals surface area contributed by atoms with Crippen molar-refractivity contribution < 1.29 is 26.3 Å². The van der Waals surface area contributed by atoms with Crippen molar-refractivity contribution in [3.05, 3.63) is 41.8 Å². The van der Waals surface area contributed by atoms with Crippen molar-refractivity contribution in [2.45, 2.75) is 12.4 Å². The van der Waals surface area contributed by atoms with Gasteiger partial charge in [-0.05, 0) is 30.7 Å². The summed E-state index contributed by atoms with van der Waals surface area (Å²) in [6.07, 6.45) is -9.34.